The van der Waals surface area contributed by atoms with E-state index in [1.54, 1.807) is 0 Å². The molecule has 46 heavy (non-hydrogen) atoms. The van der Waals surface area contributed by atoms with Crippen LogP contribution in [0.4, 0.5) is 0 Å². The van der Waals surface area contributed by atoms with Crippen LogP contribution in [0.25, 0.3) is 55.7 Å². The fraction of sp³-hybridized carbons (Fsp3) is 0.0750. The number of pyridine rings is 2. The lowest BCUT2D eigenvalue weighted by atomic mass is 9.84. The van der Waals surface area contributed by atoms with Crippen LogP contribution in [0.1, 0.15) is 22.3 Å². The summed E-state index contributed by atoms with van der Waals surface area (Å²) >= 11 is 0. The third-order valence-electron chi connectivity index (χ3n) is 10.3. The number of benzene rings is 4. The molecule has 3 aliphatic heterocycles. The summed E-state index contributed by atoms with van der Waals surface area (Å²) in [5.41, 5.74) is 12.2. The molecule has 216 valence electrons. The number of fused-ring (bicyclic) bond motifs is 7. The zero-order valence-electron chi connectivity index (χ0n) is 25.3. The highest BCUT2D eigenvalue weighted by atomic mass is 16.5. The fourth-order valence-electron chi connectivity index (χ4n) is 8.64. The van der Waals surface area contributed by atoms with Crippen molar-refractivity contribution in [2.45, 2.75) is 19.5 Å². The van der Waals surface area contributed by atoms with E-state index in [2.05, 4.69) is 147 Å². The van der Waals surface area contributed by atoms with Gasteiger partial charge in [0.1, 0.15) is 28.3 Å². The molecule has 1 atom stereocenters. The van der Waals surface area contributed by atoms with Gasteiger partial charge in [0, 0.05) is 28.6 Å². The maximum atomic E-state index is 6.79. The van der Waals surface area contributed by atoms with Crippen LogP contribution in [0.5, 0.6) is 11.5 Å². The normalized spacial score (nSPS) is 16.3. The van der Waals surface area contributed by atoms with Gasteiger partial charge in [-0.3, -0.25) is 4.98 Å². The van der Waals surface area contributed by atoms with Gasteiger partial charge in [0.25, 0.3) is 5.82 Å². The van der Waals surface area contributed by atoms with Crippen LogP contribution in [0.15, 0.2) is 128 Å². The second-order valence-corrected chi connectivity index (χ2v) is 12.6. The Labute approximate surface area is 264 Å². The average molecular weight is 594 g/mol. The first kappa shape index (κ1) is 24.3. The van der Waals surface area contributed by atoms with Crippen LogP contribution in [0.3, 0.4) is 0 Å². The van der Waals surface area contributed by atoms with E-state index in [0.717, 1.165) is 45.4 Å². The van der Waals surface area contributed by atoms with Crippen molar-refractivity contribution < 1.29 is 14.0 Å². The van der Waals surface area contributed by atoms with E-state index in [9.17, 15) is 0 Å². The quantitative estimate of drug-likeness (QED) is 0.195. The lowest BCUT2D eigenvalue weighted by Crippen LogP contribution is -2.76. The third kappa shape index (κ3) is 2.69. The molecule has 0 bridgehead atoms. The van der Waals surface area contributed by atoms with E-state index in [4.69, 9.17) is 4.74 Å². The van der Waals surface area contributed by atoms with E-state index in [1.807, 2.05) is 18.3 Å². The molecule has 0 saturated carbocycles. The van der Waals surface area contributed by atoms with Gasteiger partial charge >= 0.3 is 5.66 Å². The highest BCUT2D eigenvalue weighted by Gasteiger charge is 2.68. The summed E-state index contributed by atoms with van der Waals surface area (Å²) in [7, 11) is 0. The molecular weight excluding hydrogens is 566 g/mol. The number of rotatable bonds is 2. The van der Waals surface area contributed by atoms with Crippen LogP contribution in [0.2, 0.25) is 0 Å². The molecule has 11 rings (SSSR count). The number of aryl methyl sites for hydroxylation is 2. The molecule has 1 unspecified atom stereocenters. The van der Waals surface area contributed by atoms with E-state index in [-0.39, 0.29) is 0 Å². The van der Waals surface area contributed by atoms with E-state index in [1.165, 1.54) is 44.1 Å². The van der Waals surface area contributed by atoms with Crippen LogP contribution in [0, 0.1) is 13.8 Å². The molecule has 6 heteroatoms. The van der Waals surface area contributed by atoms with Gasteiger partial charge < -0.3 is 4.74 Å². The first-order valence-corrected chi connectivity index (χ1v) is 15.7. The number of hydrogen-bond donors (Lipinski definition) is 0. The molecule has 0 fully saturated rings. The van der Waals surface area contributed by atoms with Crippen molar-refractivity contribution in [1.29, 1.82) is 0 Å². The molecule has 6 nitrogen and oxygen atoms in total. The second-order valence-electron chi connectivity index (χ2n) is 12.6. The smallest absolute Gasteiger partial charge is 0.397 e. The lowest BCUT2D eigenvalue weighted by Gasteiger charge is -2.32. The Morgan fingerprint density at radius 2 is 1.57 bits per heavy atom. The lowest BCUT2D eigenvalue weighted by molar-refractivity contribution is -0.993. The molecule has 7 heterocycles. The van der Waals surface area contributed by atoms with Gasteiger partial charge in [-0.25, -0.2) is 0 Å². The van der Waals surface area contributed by atoms with Crippen molar-refractivity contribution in [1.82, 2.24) is 14.2 Å². The summed E-state index contributed by atoms with van der Waals surface area (Å²) in [6, 6.07) is 36.7. The Balaban J connectivity index is 1.26. The Morgan fingerprint density at radius 3 is 2.43 bits per heavy atom. The van der Waals surface area contributed by atoms with E-state index < -0.39 is 5.66 Å². The third-order valence-corrected chi connectivity index (χ3v) is 10.3. The topological polar surface area (TPSA) is 39.7 Å². The zero-order valence-corrected chi connectivity index (χ0v) is 25.3. The average Bonchev–Trinajstić information content (AvgIpc) is 3.75. The molecule has 4 aromatic carbocycles. The predicted molar refractivity (Wildman–Crippen MR) is 177 cm³/mol. The van der Waals surface area contributed by atoms with Gasteiger partial charge in [0.2, 0.25) is 6.20 Å². The molecule has 1 spiro atoms. The van der Waals surface area contributed by atoms with Crippen LogP contribution < -0.4 is 14.0 Å². The second kappa shape index (κ2) is 8.17. The monoisotopic (exact) mass is 593 g/mol. The van der Waals surface area contributed by atoms with Crippen molar-refractivity contribution in [3.63, 3.8) is 0 Å². The van der Waals surface area contributed by atoms with Gasteiger partial charge in [0.15, 0.2) is 11.1 Å². The summed E-state index contributed by atoms with van der Waals surface area (Å²) < 4.78 is 16.4. The Hall–Kier alpha value is -6.01. The summed E-state index contributed by atoms with van der Waals surface area (Å²) in [5.74, 6) is 2.90. The Kier molecular flexibility index (Phi) is 4.32. The number of ether oxygens (including phenoxy) is 1. The molecule has 0 saturated heterocycles. The molecule has 0 amide bonds. The molecule has 8 aromatic rings. The predicted octanol–water partition coefficient (Wildman–Crippen LogP) is 7.53. The minimum Gasteiger partial charge on any atom is -0.456 e. The SMILES string of the molecule is Cc1cc(-c2ccccn2)cc(C)c1-c1cn2[n+](c1)C13c4c(cccc4-2)Oc2ccc4c5ccccc5n(c4c21)-c1cccc[n+]13. The van der Waals surface area contributed by atoms with Crippen LogP contribution in [-0.4, -0.2) is 14.2 Å². The van der Waals surface area contributed by atoms with Crippen molar-refractivity contribution in [3.05, 3.63) is 150 Å². The standard InChI is InChI=1S/C40H27N5O/c1-24-20-26(30-11-5-7-18-41-30)21-25(2)36(24)27-22-43-32-13-9-14-33-37(32)40(44(43)23-27)38-34(46-33)17-16-29-28-10-3-4-12-31(28)45(39(29)38)35-15-6-8-19-42(35)40/h3-23H,1-2H3/q+2. The first-order chi connectivity index (χ1) is 22.6. The largest absolute Gasteiger partial charge is 0.456 e. The van der Waals surface area contributed by atoms with Gasteiger partial charge in [0.05, 0.1) is 23.7 Å². The highest BCUT2D eigenvalue weighted by molar-refractivity contribution is 6.11. The Morgan fingerprint density at radius 1 is 0.739 bits per heavy atom. The fourth-order valence-corrected chi connectivity index (χ4v) is 8.64. The molecular formula is C40H27N5O+2. The van der Waals surface area contributed by atoms with Crippen LogP contribution >= 0.6 is 0 Å². The summed E-state index contributed by atoms with van der Waals surface area (Å²) in [4.78, 5) is 4.62. The highest BCUT2D eigenvalue weighted by Crippen LogP contribution is 2.55. The molecule has 0 aliphatic carbocycles. The Bertz CT molecular complexity index is 2620. The number of para-hydroxylation sites is 1. The number of aromatic nitrogens is 5. The van der Waals surface area contributed by atoms with E-state index in [0.29, 0.717) is 0 Å². The maximum absolute atomic E-state index is 6.79. The van der Waals surface area contributed by atoms with Crippen molar-refractivity contribution >= 4 is 21.8 Å². The first-order valence-electron chi connectivity index (χ1n) is 15.7. The molecule has 4 aromatic heterocycles. The van der Waals surface area contributed by atoms with Crippen molar-refractivity contribution in [2.24, 2.45) is 0 Å². The van der Waals surface area contributed by atoms with E-state index >= 15 is 0 Å². The van der Waals surface area contributed by atoms with Gasteiger partial charge in [-0.05, 0) is 97.3 Å². The number of hydrogen-bond acceptors (Lipinski definition) is 2. The maximum Gasteiger partial charge on any atom is 0.397 e. The summed E-state index contributed by atoms with van der Waals surface area (Å²) in [6.45, 7) is 4.42. The zero-order chi connectivity index (χ0) is 30.3. The summed E-state index contributed by atoms with van der Waals surface area (Å²) in [5, 5.41) is 2.47. The van der Waals surface area contributed by atoms with Gasteiger partial charge in [-0.1, -0.05) is 35.0 Å². The number of nitrogens with zero attached hydrogens (tertiary/aromatic N) is 5. The van der Waals surface area contributed by atoms with Gasteiger partial charge in [-0.15, -0.1) is 4.68 Å². The van der Waals surface area contributed by atoms with Gasteiger partial charge in [-0.2, -0.15) is 9.13 Å². The minimum atomic E-state index is -0.687. The van der Waals surface area contributed by atoms with Crippen molar-refractivity contribution in [3.8, 4) is 45.4 Å². The molecule has 0 radical (unpaired) electrons. The van der Waals surface area contributed by atoms with Crippen LogP contribution in [-0.2, 0) is 5.66 Å². The minimum absolute atomic E-state index is 0.687. The summed E-state index contributed by atoms with van der Waals surface area (Å²) in [6.07, 6.45) is 8.73. The molecule has 0 N–H and O–H groups in total. The molecule has 3 aliphatic rings. The van der Waals surface area contributed by atoms with Crippen molar-refractivity contribution in [2.75, 3.05) is 0 Å².